The lowest BCUT2D eigenvalue weighted by Gasteiger charge is -2.30. The topological polar surface area (TPSA) is 38.8 Å². The first-order valence-corrected chi connectivity index (χ1v) is 9.75. The highest BCUT2D eigenvalue weighted by Crippen LogP contribution is 2.33. The van der Waals surface area contributed by atoms with Crippen molar-refractivity contribution in [2.75, 3.05) is 39.5 Å². The van der Waals surface area contributed by atoms with Crippen molar-refractivity contribution < 1.29 is 14.3 Å². The number of rotatable bonds is 10. The second kappa shape index (κ2) is 10.6. The molecule has 4 heteroatoms. The summed E-state index contributed by atoms with van der Waals surface area (Å²) >= 11 is 0. The van der Waals surface area contributed by atoms with Gasteiger partial charge in [0, 0.05) is 6.54 Å². The zero-order valence-electron chi connectivity index (χ0n) is 15.8. The molecule has 0 saturated carbocycles. The van der Waals surface area contributed by atoms with Crippen molar-refractivity contribution >= 4 is 5.97 Å². The van der Waals surface area contributed by atoms with Crippen LogP contribution < -0.4 is 0 Å². The number of hydrogen-bond donors (Lipinski definition) is 0. The monoisotopic (exact) mass is 347 g/mol. The molecule has 4 nitrogen and oxygen atoms in total. The highest BCUT2D eigenvalue weighted by atomic mass is 16.6. The second-order valence-electron chi connectivity index (χ2n) is 6.81. The van der Waals surface area contributed by atoms with Crippen molar-refractivity contribution in [2.45, 2.75) is 51.4 Å². The third kappa shape index (κ3) is 5.55. The van der Waals surface area contributed by atoms with Crippen LogP contribution in [0.5, 0.6) is 0 Å². The van der Waals surface area contributed by atoms with Crippen molar-refractivity contribution in [1.82, 2.24) is 4.90 Å². The maximum absolute atomic E-state index is 12.7. The van der Waals surface area contributed by atoms with E-state index in [0.29, 0.717) is 19.8 Å². The summed E-state index contributed by atoms with van der Waals surface area (Å²) in [7, 11) is 0. The fourth-order valence-corrected chi connectivity index (χ4v) is 3.63. The van der Waals surface area contributed by atoms with E-state index in [1.54, 1.807) is 0 Å². The molecule has 0 unspecified atom stereocenters. The summed E-state index contributed by atoms with van der Waals surface area (Å²) in [5.41, 5.74) is 0.491. The van der Waals surface area contributed by atoms with Crippen LogP contribution in [0, 0.1) is 0 Å². The number of ether oxygens (including phenoxy) is 2. The van der Waals surface area contributed by atoms with E-state index in [1.165, 1.54) is 32.4 Å². The Labute approximate surface area is 152 Å². The molecule has 0 amide bonds. The molecule has 0 aromatic heterocycles. The number of benzene rings is 1. The smallest absolute Gasteiger partial charge is 0.316 e. The van der Waals surface area contributed by atoms with Crippen LogP contribution in [0.4, 0.5) is 0 Å². The molecule has 0 radical (unpaired) electrons. The fourth-order valence-electron chi connectivity index (χ4n) is 3.63. The summed E-state index contributed by atoms with van der Waals surface area (Å²) < 4.78 is 11.2. The van der Waals surface area contributed by atoms with Gasteiger partial charge >= 0.3 is 5.97 Å². The first kappa shape index (κ1) is 19.9. The van der Waals surface area contributed by atoms with E-state index in [1.807, 2.05) is 44.2 Å². The molecule has 1 saturated heterocycles. The molecule has 0 N–H and O–H groups in total. The van der Waals surface area contributed by atoms with E-state index in [4.69, 9.17) is 9.47 Å². The molecule has 140 valence electrons. The molecular weight excluding hydrogens is 314 g/mol. The summed E-state index contributed by atoms with van der Waals surface area (Å²) in [5, 5.41) is 0. The van der Waals surface area contributed by atoms with Gasteiger partial charge in [-0.05, 0) is 44.3 Å². The molecule has 1 heterocycles. The van der Waals surface area contributed by atoms with E-state index in [-0.39, 0.29) is 5.97 Å². The van der Waals surface area contributed by atoms with Crippen LogP contribution in [0.15, 0.2) is 30.3 Å². The lowest BCUT2D eigenvalue weighted by Crippen LogP contribution is -2.37. The molecule has 0 aliphatic carbocycles. The number of likely N-dealkylation sites (tertiary alicyclic amines) is 1. The summed E-state index contributed by atoms with van der Waals surface area (Å²) in [5.74, 6) is -0.136. The maximum Gasteiger partial charge on any atom is 0.316 e. The predicted molar refractivity (Wildman–Crippen MR) is 101 cm³/mol. The Balaban J connectivity index is 1.72. The number of piperidine rings is 1. The molecule has 1 fully saturated rings. The highest BCUT2D eigenvalue weighted by molar-refractivity contribution is 5.83. The average molecular weight is 347 g/mol. The van der Waals surface area contributed by atoms with Crippen LogP contribution in [-0.4, -0.2) is 50.3 Å². The first-order chi connectivity index (χ1) is 12.2. The van der Waals surface area contributed by atoms with E-state index < -0.39 is 5.41 Å². The molecule has 25 heavy (non-hydrogen) atoms. The largest absolute Gasteiger partial charge is 0.463 e. The zero-order valence-corrected chi connectivity index (χ0v) is 15.8. The first-order valence-electron chi connectivity index (χ1n) is 9.75. The number of carbonyl (C=O) groups is 1. The van der Waals surface area contributed by atoms with E-state index >= 15 is 0 Å². The second-order valence-corrected chi connectivity index (χ2v) is 6.81. The number of nitrogens with zero attached hydrogens (tertiary/aromatic N) is 1. The van der Waals surface area contributed by atoms with Crippen molar-refractivity contribution in [2.24, 2.45) is 0 Å². The van der Waals surface area contributed by atoms with Gasteiger partial charge in [0.05, 0.1) is 18.6 Å². The lowest BCUT2D eigenvalue weighted by atomic mass is 9.76. The Hall–Kier alpha value is -1.39. The summed E-state index contributed by atoms with van der Waals surface area (Å²) in [6, 6.07) is 9.96. The summed E-state index contributed by atoms with van der Waals surface area (Å²) in [6.45, 7) is 8.95. The molecular formula is C21H33NO3. The normalized spacial score (nSPS) is 15.9. The van der Waals surface area contributed by atoms with Crippen molar-refractivity contribution in [3.05, 3.63) is 35.9 Å². The quantitative estimate of drug-likeness (QED) is 0.477. The Kier molecular flexibility index (Phi) is 8.42. The van der Waals surface area contributed by atoms with Gasteiger partial charge in [0.15, 0.2) is 0 Å². The third-order valence-electron chi connectivity index (χ3n) is 5.39. The summed E-state index contributed by atoms with van der Waals surface area (Å²) in [4.78, 5) is 15.2. The molecule has 2 rings (SSSR count). The SMILES string of the molecule is CCC(CC)(C(=O)OCCOCCN1CCCCC1)c1ccccc1. The number of esters is 1. The number of hydrogen-bond acceptors (Lipinski definition) is 4. The Bertz CT molecular complexity index is 493. The fraction of sp³-hybridized carbons (Fsp3) is 0.667. The molecule has 1 aliphatic rings. The molecule has 1 aromatic rings. The Morgan fingerprint density at radius 1 is 1.00 bits per heavy atom. The van der Waals surface area contributed by atoms with Crippen molar-refractivity contribution in [3.63, 3.8) is 0 Å². The minimum atomic E-state index is -0.547. The summed E-state index contributed by atoms with van der Waals surface area (Å²) in [6.07, 6.45) is 5.43. The highest BCUT2D eigenvalue weighted by Gasteiger charge is 2.38. The predicted octanol–water partition coefficient (Wildman–Crippen LogP) is 3.79. The average Bonchev–Trinajstić information content (AvgIpc) is 2.68. The molecule has 1 aromatic carbocycles. The minimum Gasteiger partial charge on any atom is -0.463 e. The van der Waals surface area contributed by atoms with Gasteiger partial charge in [-0.1, -0.05) is 50.6 Å². The van der Waals surface area contributed by atoms with Crippen molar-refractivity contribution in [3.8, 4) is 0 Å². The van der Waals surface area contributed by atoms with Gasteiger partial charge in [-0.2, -0.15) is 0 Å². The molecule has 1 aliphatic heterocycles. The number of carbonyl (C=O) groups excluding carboxylic acids is 1. The van der Waals surface area contributed by atoms with Gasteiger partial charge in [-0.15, -0.1) is 0 Å². The van der Waals surface area contributed by atoms with Crippen LogP contribution in [0.2, 0.25) is 0 Å². The zero-order chi connectivity index (χ0) is 18.0. The van der Waals surface area contributed by atoms with Gasteiger partial charge in [0.25, 0.3) is 0 Å². The van der Waals surface area contributed by atoms with Gasteiger partial charge in [0.2, 0.25) is 0 Å². The Morgan fingerprint density at radius 2 is 1.68 bits per heavy atom. The van der Waals surface area contributed by atoms with E-state index in [0.717, 1.165) is 24.9 Å². The van der Waals surface area contributed by atoms with Gasteiger partial charge in [-0.25, -0.2) is 0 Å². The lowest BCUT2D eigenvalue weighted by molar-refractivity contribution is -0.152. The van der Waals surface area contributed by atoms with Gasteiger partial charge in [0.1, 0.15) is 6.61 Å². The van der Waals surface area contributed by atoms with Gasteiger partial charge in [-0.3, -0.25) is 4.79 Å². The Morgan fingerprint density at radius 3 is 2.32 bits per heavy atom. The minimum absolute atomic E-state index is 0.136. The molecule has 0 bridgehead atoms. The van der Waals surface area contributed by atoms with Gasteiger partial charge < -0.3 is 14.4 Å². The third-order valence-corrected chi connectivity index (χ3v) is 5.39. The van der Waals surface area contributed by atoms with Crippen molar-refractivity contribution in [1.29, 1.82) is 0 Å². The van der Waals surface area contributed by atoms with E-state index in [9.17, 15) is 4.79 Å². The van der Waals surface area contributed by atoms with Crippen LogP contribution in [-0.2, 0) is 19.7 Å². The standard InChI is InChI=1S/C21H33NO3/c1-3-21(4-2,19-11-7-5-8-12-19)20(23)25-18-17-24-16-15-22-13-9-6-10-14-22/h5,7-8,11-12H,3-4,6,9-10,13-18H2,1-2H3. The van der Waals surface area contributed by atoms with Crippen LogP contribution in [0.25, 0.3) is 0 Å². The maximum atomic E-state index is 12.7. The molecule has 0 spiro atoms. The van der Waals surface area contributed by atoms with Crippen LogP contribution in [0.1, 0.15) is 51.5 Å². The van der Waals surface area contributed by atoms with Crippen LogP contribution >= 0.6 is 0 Å². The van der Waals surface area contributed by atoms with Crippen LogP contribution in [0.3, 0.4) is 0 Å². The molecule has 0 atom stereocenters. The van der Waals surface area contributed by atoms with E-state index in [2.05, 4.69) is 4.90 Å².